The van der Waals surface area contributed by atoms with Crippen molar-refractivity contribution in [2.45, 2.75) is 53.5 Å². The first-order valence-corrected chi connectivity index (χ1v) is 10.5. The number of benzene rings is 2. The molecule has 0 atom stereocenters. The standard InChI is InChI=1S/C25H32N4/c1-6-10-18(3)17-29-23-15-20(14-19(4)25(23)28-24(29)11-7-2)16-27-22-13-9-8-12-21(22)26-5/h8-10,12-16,26H,6-7,11,17H2,1-5H3/b18-10+,27-16?. The smallest absolute Gasteiger partial charge is 0.110 e. The predicted molar refractivity (Wildman–Crippen MR) is 126 cm³/mol. The maximum Gasteiger partial charge on any atom is 0.110 e. The van der Waals surface area contributed by atoms with Gasteiger partial charge in [-0.2, -0.15) is 0 Å². The van der Waals surface area contributed by atoms with Gasteiger partial charge < -0.3 is 9.88 Å². The Morgan fingerprint density at radius 3 is 2.72 bits per heavy atom. The first-order valence-electron chi connectivity index (χ1n) is 10.5. The minimum absolute atomic E-state index is 0.891. The highest BCUT2D eigenvalue weighted by atomic mass is 15.1. The van der Waals surface area contributed by atoms with E-state index >= 15 is 0 Å². The van der Waals surface area contributed by atoms with E-state index in [9.17, 15) is 0 Å². The fraction of sp³-hybridized carbons (Fsp3) is 0.360. The third-order valence-electron chi connectivity index (χ3n) is 5.11. The molecule has 0 unspecified atom stereocenters. The quantitative estimate of drug-likeness (QED) is 0.356. The molecule has 0 spiro atoms. The molecule has 1 aromatic heterocycles. The normalized spacial score (nSPS) is 12.2. The minimum atomic E-state index is 0.891. The van der Waals surface area contributed by atoms with E-state index in [-0.39, 0.29) is 0 Å². The lowest BCUT2D eigenvalue weighted by Gasteiger charge is -2.10. The van der Waals surface area contributed by atoms with Crippen molar-refractivity contribution >= 4 is 28.6 Å². The van der Waals surface area contributed by atoms with E-state index in [0.29, 0.717) is 0 Å². The van der Waals surface area contributed by atoms with Gasteiger partial charge in [0.15, 0.2) is 0 Å². The van der Waals surface area contributed by atoms with Crippen LogP contribution < -0.4 is 5.32 Å². The number of nitrogens with one attached hydrogen (secondary N) is 1. The average Bonchev–Trinajstić information content (AvgIpc) is 3.05. The van der Waals surface area contributed by atoms with Gasteiger partial charge in [0.05, 0.1) is 22.4 Å². The van der Waals surface area contributed by atoms with Gasteiger partial charge in [0.1, 0.15) is 5.82 Å². The molecule has 1 N–H and O–H groups in total. The van der Waals surface area contributed by atoms with Crippen molar-refractivity contribution in [2.75, 3.05) is 12.4 Å². The Bertz CT molecular complexity index is 1040. The summed E-state index contributed by atoms with van der Waals surface area (Å²) in [6.07, 6.45) is 7.40. The molecule has 0 aliphatic carbocycles. The molecule has 0 bridgehead atoms. The molecule has 29 heavy (non-hydrogen) atoms. The van der Waals surface area contributed by atoms with Crippen molar-refractivity contribution < 1.29 is 0 Å². The second kappa shape index (κ2) is 9.55. The fourth-order valence-electron chi connectivity index (χ4n) is 3.74. The Hall–Kier alpha value is -2.88. The van der Waals surface area contributed by atoms with Crippen LogP contribution in [0.5, 0.6) is 0 Å². The SMILES string of the molecule is CC/C=C(\C)Cn1c(CCC)nc2c(C)cc(C=Nc3ccccc3NC)cc21. The van der Waals surface area contributed by atoms with Crippen LogP contribution >= 0.6 is 0 Å². The summed E-state index contributed by atoms with van der Waals surface area (Å²) in [7, 11) is 1.92. The van der Waals surface area contributed by atoms with Crippen LogP contribution in [0.25, 0.3) is 11.0 Å². The molecule has 0 amide bonds. The first kappa shape index (κ1) is 20.8. The van der Waals surface area contributed by atoms with Gasteiger partial charge in [-0.15, -0.1) is 0 Å². The van der Waals surface area contributed by atoms with Crippen LogP contribution in [-0.2, 0) is 13.0 Å². The highest BCUT2D eigenvalue weighted by Gasteiger charge is 2.13. The van der Waals surface area contributed by atoms with Gasteiger partial charge in [0, 0.05) is 26.2 Å². The van der Waals surface area contributed by atoms with E-state index in [1.807, 2.05) is 37.5 Å². The molecule has 3 aromatic rings. The molecule has 152 valence electrons. The molecular formula is C25H32N4. The molecule has 0 radical (unpaired) electrons. The number of rotatable bonds is 8. The summed E-state index contributed by atoms with van der Waals surface area (Å²) in [6.45, 7) is 9.63. The topological polar surface area (TPSA) is 42.2 Å². The largest absolute Gasteiger partial charge is 0.386 e. The number of imidazole rings is 1. The third-order valence-corrected chi connectivity index (χ3v) is 5.11. The highest BCUT2D eigenvalue weighted by Crippen LogP contribution is 2.26. The van der Waals surface area contributed by atoms with Crippen molar-refractivity contribution in [3.05, 3.63) is 65.0 Å². The van der Waals surface area contributed by atoms with Crippen LogP contribution in [0, 0.1) is 6.92 Å². The molecule has 1 heterocycles. The predicted octanol–water partition coefficient (Wildman–Crippen LogP) is 6.45. The van der Waals surface area contributed by atoms with E-state index in [4.69, 9.17) is 9.98 Å². The molecular weight excluding hydrogens is 356 g/mol. The maximum atomic E-state index is 4.98. The van der Waals surface area contributed by atoms with Gasteiger partial charge in [-0.1, -0.05) is 37.6 Å². The molecule has 0 saturated carbocycles. The van der Waals surface area contributed by atoms with Crippen molar-refractivity contribution in [3.8, 4) is 0 Å². The Morgan fingerprint density at radius 2 is 2.00 bits per heavy atom. The van der Waals surface area contributed by atoms with Gasteiger partial charge in [-0.05, 0) is 62.1 Å². The Morgan fingerprint density at radius 1 is 1.21 bits per heavy atom. The highest BCUT2D eigenvalue weighted by molar-refractivity contribution is 5.91. The molecule has 4 nitrogen and oxygen atoms in total. The third kappa shape index (κ3) is 4.76. The zero-order valence-corrected chi connectivity index (χ0v) is 18.3. The van der Waals surface area contributed by atoms with E-state index < -0.39 is 0 Å². The minimum Gasteiger partial charge on any atom is -0.386 e. The van der Waals surface area contributed by atoms with E-state index in [1.165, 1.54) is 22.5 Å². The van der Waals surface area contributed by atoms with Crippen LogP contribution in [0.2, 0.25) is 0 Å². The second-order valence-corrected chi connectivity index (χ2v) is 7.55. The number of hydrogen-bond donors (Lipinski definition) is 1. The van der Waals surface area contributed by atoms with E-state index in [0.717, 1.165) is 48.3 Å². The lowest BCUT2D eigenvalue weighted by Crippen LogP contribution is -2.05. The van der Waals surface area contributed by atoms with Crippen molar-refractivity contribution in [3.63, 3.8) is 0 Å². The number of anilines is 1. The summed E-state index contributed by atoms with van der Waals surface area (Å²) < 4.78 is 2.38. The number of fused-ring (bicyclic) bond motifs is 1. The van der Waals surface area contributed by atoms with Gasteiger partial charge in [-0.3, -0.25) is 4.99 Å². The number of aliphatic imine (C=N–C) groups is 1. The monoisotopic (exact) mass is 388 g/mol. The van der Waals surface area contributed by atoms with Crippen molar-refractivity contribution in [1.29, 1.82) is 0 Å². The van der Waals surface area contributed by atoms with Crippen LogP contribution in [0.15, 0.2) is 53.0 Å². The summed E-state index contributed by atoms with van der Waals surface area (Å²) >= 11 is 0. The molecule has 2 aromatic carbocycles. The summed E-state index contributed by atoms with van der Waals surface area (Å²) in [6, 6.07) is 12.5. The van der Waals surface area contributed by atoms with E-state index in [2.05, 4.69) is 55.8 Å². The lowest BCUT2D eigenvalue weighted by molar-refractivity contribution is 0.712. The number of hydrogen-bond acceptors (Lipinski definition) is 3. The van der Waals surface area contributed by atoms with Crippen LogP contribution in [-0.4, -0.2) is 22.8 Å². The number of para-hydroxylation sites is 2. The summed E-state index contributed by atoms with van der Waals surface area (Å²) in [5.41, 5.74) is 7.93. The number of aryl methyl sites for hydroxylation is 2. The van der Waals surface area contributed by atoms with Crippen LogP contribution in [0.4, 0.5) is 11.4 Å². The zero-order chi connectivity index (χ0) is 20.8. The zero-order valence-electron chi connectivity index (χ0n) is 18.3. The van der Waals surface area contributed by atoms with Gasteiger partial charge >= 0.3 is 0 Å². The number of nitrogens with zero attached hydrogens (tertiary/aromatic N) is 3. The Labute approximate surface area is 174 Å². The first-order chi connectivity index (χ1) is 14.1. The maximum absolute atomic E-state index is 4.98. The summed E-state index contributed by atoms with van der Waals surface area (Å²) in [5, 5.41) is 3.20. The molecule has 4 heteroatoms. The van der Waals surface area contributed by atoms with Gasteiger partial charge in [0.25, 0.3) is 0 Å². The molecule has 0 aliphatic rings. The molecule has 0 saturated heterocycles. The average molecular weight is 389 g/mol. The summed E-state index contributed by atoms with van der Waals surface area (Å²) in [4.78, 5) is 9.71. The molecule has 0 aliphatic heterocycles. The summed E-state index contributed by atoms with van der Waals surface area (Å²) in [5.74, 6) is 1.17. The molecule has 3 rings (SSSR count). The number of aromatic nitrogens is 2. The number of allylic oxidation sites excluding steroid dienone is 2. The van der Waals surface area contributed by atoms with E-state index in [1.54, 1.807) is 0 Å². The Balaban J connectivity index is 2.06. The van der Waals surface area contributed by atoms with Gasteiger partial charge in [0.2, 0.25) is 0 Å². The molecule has 0 fully saturated rings. The van der Waals surface area contributed by atoms with Gasteiger partial charge in [-0.25, -0.2) is 4.98 Å². The second-order valence-electron chi connectivity index (χ2n) is 7.55. The van der Waals surface area contributed by atoms with Crippen molar-refractivity contribution in [2.24, 2.45) is 4.99 Å². The van der Waals surface area contributed by atoms with Crippen LogP contribution in [0.3, 0.4) is 0 Å². The van der Waals surface area contributed by atoms with Crippen LogP contribution in [0.1, 0.15) is 50.6 Å². The fourth-order valence-corrected chi connectivity index (χ4v) is 3.74. The lowest BCUT2D eigenvalue weighted by atomic mass is 10.1. The van der Waals surface area contributed by atoms with Crippen molar-refractivity contribution in [1.82, 2.24) is 9.55 Å². The Kier molecular flexibility index (Phi) is 6.86.